The molecule has 1 aliphatic rings. The van der Waals surface area contributed by atoms with Gasteiger partial charge in [-0.05, 0) is 37.1 Å². The molecule has 2 atom stereocenters. The van der Waals surface area contributed by atoms with E-state index in [-0.39, 0.29) is 5.97 Å². The highest BCUT2D eigenvalue weighted by Crippen LogP contribution is 2.29. The van der Waals surface area contributed by atoms with Crippen LogP contribution in [0.5, 0.6) is 5.75 Å². The summed E-state index contributed by atoms with van der Waals surface area (Å²) in [6.07, 6.45) is 0.451. The van der Waals surface area contributed by atoms with Crippen LogP contribution in [0.1, 0.15) is 26.7 Å². The molecule has 0 N–H and O–H groups in total. The Balaban J connectivity index is 2.24. The first-order chi connectivity index (χ1) is 10.5. The summed E-state index contributed by atoms with van der Waals surface area (Å²) in [6.45, 7) is 3.44. The van der Waals surface area contributed by atoms with Crippen LogP contribution >= 0.6 is 0 Å². The highest BCUT2D eigenvalue weighted by Gasteiger charge is 2.36. The zero-order valence-corrected chi connectivity index (χ0v) is 13.1. The molecule has 1 saturated heterocycles. The van der Waals surface area contributed by atoms with Gasteiger partial charge in [-0.15, -0.1) is 0 Å². The van der Waals surface area contributed by atoms with Gasteiger partial charge in [-0.1, -0.05) is 0 Å². The van der Waals surface area contributed by atoms with Crippen LogP contribution in [0.2, 0.25) is 0 Å². The minimum absolute atomic E-state index is 0.376. The Labute approximate surface area is 129 Å². The molecule has 0 aliphatic carbocycles. The maximum Gasteiger partial charge on any atom is 0.304 e. The van der Waals surface area contributed by atoms with Crippen molar-refractivity contribution in [2.75, 3.05) is 18.6 Å². The van der Waals surface area contributed by atoms with Crippen LogP contribution in [-0.4, -0.2) is 37.9 Å². The normalized spacial score (nSPS) is 21.1. The van der Waals surface area contributed by atoms with Crippen molar-refractivity contribution in [3.05, 3.63) is 24.3 Å². The second kappa shape index (κ2) is 7.15. The Kier molecular flexibility index (Phi) is 5.25. The molecule has 0 spiro atoms. The third-order valence-electron chi connectivity index (χ3n) is 3.52. The lowest BCUT2D eigenvalue weighted by molar-refractivity contribution is -0.167. The van der Waals surface area contributed by atoms with Crippen LogP contribution in [0, 0.1) is 0 Å². The Morgan fingerprint density at radius 3 is 2.27 bits per heavy atom. The number of carbonyl (C=O) groups excluding carboxylic acids is 2. The fraction of sp³-hybridized carbons (Fsp3) is 0.500. The van der Waals surface area contributed by atoms with Crippen molar-refractivity contribution in [2.24, 2.45) is 0 Å². The predicted octanol–water partition coefficient (Wildman–Crippen LogP) is 2.12. The van der Waals surface area contributed by atoms with E-state index in [1.807, 2.05) is 29.2 Å². The number of nitrogens with zero attached hydrogens (tertiary/aromatic N) is 1. The lowest BCUT2D eigenvalue weighted by Gasteiger charge is -2.40. The SMILES string of the molecule is COc1ccc(N2CCC[C@H](OC(C)=O)[C@@H]2OC(C)=O)cc1. The van der Waals surface area contributed by atoms with E-state index >= 15 is 0 Å². The van der Waals surface area contributed by atoms with E-state index < -0.39 is 18.3 Å². The van der Waals surface area contributed by atoms with E-state index in [4.69, 9.17) is 14.2 Å². The molecule has 1 heterocycles. The van der Waals surface area contributed by atoms with Crippen molar-refractivity contribution in [3.8, 4) is 5.75 Å². The Morgan fingerprint density at radius 1 is 1.09 bits per heavy atom. The Hall–Kier alpha value is -2.24. The molecule has 0 unspecified atom stereocenters. The van der Waals surface area contributed by atoms with Crippen LogP contribution in [0.15, 0.2) is 24.3 Å². The summed E-state index contributed by atoms with van der Waals surface area (Å²) in [5.74, 6) is -0.0253. The standard InChI is InChI=1S/C16H21NO5/c1-11(18)21-15-5-4-10-17(16(15)22-12(2)19)13-6-8-14(20-3)9-7-13/h6-9,15-16H,4-5,10H2,1-3H3/t15-,16-/m0/s1. The van der Waals surface area contributed by atoms with Crippen molar-refractivity contribution in [1.29, 1.82) is 0 Å². The number of hydrogen-bond donors (Lipinski definition) is 0. The van der Waals surface area contributed by atoms with E-state index in [1.54, 1.807) is 7.11 Å². The Morgan fingerprint density at radius 2 is 1.73 bits per heavy atom. The molecule has 1 fully saturated rings. The van der Waals surface area contributed by atoms with Crippen LogP contribution in [0.25, 0.3) is 0 Å². The molecule has 2 rings (SSSR count). The maximum absolute atomic E-state index is 11.4. The number of hydrogen-bond acceptors (Lipinski definition) is 6. The van der Waals surface area contributed by atoms with Crippen LogP contribution in [0.4, 0.5) is 5.69 Å². The molecule has 0 saturated carbocycles. The summed E-state index contributed by atoms with van der Waals surface area (Å²) in [7, 11) is 1.61. The lowest BCUT2D eigenvalue weighted by atomic mass is 10.0. The fourth-order valence-corrected chi connectivity index (χ4v) is 2.62. The average Bonchev–Trinajstić information content (AvgIpc) is 2.48. The highest BCUT2D eigenvalue weighted by atomic mass is 16.6. The number of esters is 2. The van der Waals surface area contributed by atoms with Crippen molar-refractivity contribution >= 4 is 17.6 Å². The molecular weight excluding hydrogens is 286 g/mol. The molecule has 1 aromatic rings. The Bertz CT molecular complexity index is 528. The molecule has 1 aliphatic heterocycles. The predicted molar refractivity (Wildman–Crippen MR) is 80.7 cm³/mol. The van der Waals surface area contributed by atoms with E-state index in [1.165, 1.54) is 13.8 Å². The molecule has 6 heteroatoms. The van der Waals surface area contributed by atoms with Gasteiger partial charge < -0.3 is 19.1 Å². The van der Waals surface area contributed by atoms with Gasteiger partial charge in [0.25, 0.3) is 0 Å². The summed E-state index contributed by atoms with van der Waals surface area (Å²) >= 11 is 0. The lowest BCUT2D eigenvalue weighted by Crippen LogP contribution is -2.52. The van der Waals surface area contributed by atoms with Crippen molar-refractivity contribution < 1.29 is 23.8 Å². The van der Waals surface area contributed by atoms with Gasteiger partial charge in [0.15, 0.2) is 6.10 Å². The van der Waals surface area contributed by atoms with Crippen LogP contribution in [0.3, 0.4) is 0 Å². The molecule has 0 radical (unpaired) electrons. The zero-order chi connectivity index (χ0) is 16.1. The van der Waals surface area contributed by atoms with Gasteiger partial charge in [0.05, 0.1) is 7.11 Å². The zero-order valence-electron chi connectivity index (χ0n) is 13.1. The van der Waals surface area contributed by atoms with Gasteiger partial charge in [0, 0.05) is 26.1 Å². The number of rotatable bonds is 4. The molecule has 120 valence electrons. The second-order valence-electron chi connectivity index (χ2n) is 5.18. The molecule has 0 aromatic heterocycles. The first-order valence-electron chi connectivity index (χ1n) is 7.26. The number of anilines is 1. The van der Waals surface area contributed by atoms with Crippen molar-refractivity contribution in [2.45, 2.75) is 39.0 Å². The molecule has 1 aromatic carbocycles. The summed E-state index contributed by atoms with van der Waals surface area (Å²) in [5, 5.41) is 0. The van der Waals surface area contributed by atoms with Crippen LogP contribution in [-0.2, 0) is 19.1 Å². The minimum Gasteiger partial charge on any atom is -0.497 e. The number of ether oxygens (including phenoxy) is 3. The quantitative estimate of drug-likeness (QED) is 0.794. The van der Waals surface area contributed by atoms with Gasteiger partial charge >= 0.3 is 11.9 Å². The van der Waals surface area contributed by atoms with Gasteiger partial charge in [-0.2, -0.15) is 0 Å². The largest absolute Gasteiger partial charge is 0.497 e. The van der Waals surface area contributed by atoms with Gasteiger partial charge in [-0.25, -0.2) is 0 Å². The summed E-state index contributed by atoms with van der Waals surface area (Å²) in [4.78, 5) is 24.6. The monoisotopic (exact) mass is 307 g/mol. The highest BCUT2D eigenvalue weighted by molar-refractivity contribution is 5.68. The molecule has 0 amide bonds. The number of benzene rings is 1. The topological polar surface area (TPSA) is 65.1 Å². The van der Waals surface area contributed by atoms with Gasteiger partial charge in [0.2, 0.25) is 6.23 Å². The number of methoxy groups -OCH3 is 1. The fourth-order valence-electron chi connectivity index (χ4n) is 2.62. The smallest absolute Gasteiger partial charge is 0.304 e. The first-order valence-corrected chi connectivity index (χ1v) is 7.26. The molecule has 6 nitrogen and oxygen atoms in total. The average molecular weight is 307 g/mol. The second-order valence-corrected chi connectivity index (χ2v) is 5.18. The summed E-state index contributed by atoms with van der Waals surface area (Å²) in [5.41, 5.74) is 0.893. The van der Waals surface area contributed by atoms with Gasteiger partial charge in [0.1, 0.15) is 5.75 Å². The third kappa shape index (κ3) is 3.90. The van der Waals surface area contributed by atoms with E-state index in [9.17, 15) is 9.59 Å². The number of carbonyl (C=O) groups is 2. The number of piperidine rings is 1. The van der Waals surface area contributed by atoms with E-state index in [0.717, 1.165) is 24.4 Å². The molecular formula is C16H21NO5. The summed E-state index contributed by atoms with van der Waals surface area (Å²) in [6, 6.07) is 7.47. The minimum atomic E-state index is -0.608. The first kappa shape index (κ1) is 16.1. The third-order valence-corrected chi connectivity index (χ3v) is 3.52. The van der Waals surface area contributed by atoms with Crippen LogP contribution < -0.4 is 9.64 Å². The van der Waals surface area contributed by atoms with Crippen molar-refractivity contribution in [1.82, 2.24) is 0 Å². The molecule has 0 bridgehead atoms. The van der Waals surface area contributed by atoms with Gasteiger partial charge in [-0.3, -0.25) is 9.59 Å². The maximum atomic E-state index is 11.4. The van der Waals surface area contributed by atoms with E-state index in [0.29, 0.717) is 6.42 Å². The van der Waals surface area contributed by atoms with E-state index in [2.05, 4.69) is 0 Å². The summed E-state index contributed by atoms with van der Waals surface area (Å²) < 4.78 is 15.9. The molecule has 22 heavy (non-hydrogen) atoms. The van der Waals surface area contributed by atoms with Crippen molar-refractivity contribution in [3.63, 3.8) is 0 Å².